The van der Waals surface area contributed by atoms with Crippen LogP contribution in [0, 0.1) is 0 Å². The normalized spacial score (nSPS) is 17.4. The first-order chi connectivity index (χ1) is 17.3. The van der Waals surface area contributed by atoms with Crippen molar-refractivity contribution < 1.29 is 27.5 Å². The standard InChI is InChI=1S/C26H31N3O6S/c1-2-25(30)29-9-7-20-16-21(4-5-22(20)29)36(32,33)14-8-26(31)28-12-10-27(11-13-28)17-19-3-6-23-24(15-19)35-18-34-23/h3-6,15-16H,2,7-14,17-18H2,1H3. The molecule has 0 unspecified atom stereocenters. The third-order valence-electron chi connectivity index (χ3n) is 7.06. The molecule has 2 amide bonds. The zero-order chi connectivity index (χ0) is 25.3. The maximum atomic E-state index is 12.9. The highest BCUT2D eigenvalue weighted by molar-refractivity contribution is 7.91. The second-order valence-corrected chi connectivity index (χ2v) is 11.5. The van der Waals surface area contributed by atoms with E-state index in [0.717, 1.165) is 47.9 Å². The van der Waals surface area contributed by atoms with Crippen LogP contribution in [0.3, 0.4) is 0 Å². The van der Waals surface area contributed by atoms with Crippen LogP contribution in [0.5, 0.6) is 11.5 Å². The summed E-state index contributed by atoms with van der Waals surface area (Å²) in [5.74, 6) is 1.20. The van der Waals surface area contributed by atoms with Gasteiger partial charge < -0.3 is 19.3 Å². The van der Waals surface area contributed by atoms with Crippen LogP contribution in [-0.2, 0) is 32.4 Å². The van der Waals surface area contributed by atoms with Crippen molar-refractivity contribution in [2.45, 2.75) is 37.6 Å². The second kappa shape index (κ2) is 10.1. The van der Waals surface area contributed by atoms with E-state index in [1.165, 1.54) is 0 Å². The van der Waals surface area contributed by atoms with Crippen LogP contribution in [0.4, 0.5) is 5.69 Å². The van der Waals surface area contributed by atoms with E-state index in [1.807, 2.05) is 25.1 Å². The predicted octanol–water partition coefficient (Wildman–Crippen LogP) is 2.22. The smallest absolute Gasteiger partial charge is 0.231 e. The van der Waals surface area contributed by atoms with Gasteiger partial charge in [-0.3, -0.25) is 14.5 Å². The summed E-state index contributed by atoms with van der Waals surface area (Å²) in [5.41, 5.74) is 2.78. The zero-order valence-electron chi connectivity index (χ0n) is 20.4. The Hall–Kier alpha value is -3.11. The van der Waals surface area contributed by atoms with Crippen molar-refractivity contribution in [2.24, 2.45) is 0 Å². The molecule has 36 heavy (non-hydrogen) atoms. The Balaban J connectivity index is 1.12. The molecule has 5 rings (SSSR count). The SMILES string of the molecule is CCC(=O)N1CCc2cc(S(=O)(=O)CCC(=O)N3CCN(Cc4ccc5c(c4)OCO5)CC3)ccc21. The lowest BCUT2D eigenvalue weighted by Crippen LogP contribution is -2.48. The van der Waals surface area contributed by atoms with Crippen LogP contribution in [0.15, 0.2) is 41.3 Å². The van der Waals surface area contributed by atoms with Gasteiger partial charge in [-0.2, -0.15) is 0 Å². The molecule has 192 valence electrons. The largest absolute Gasteiger partial charge is 0.454 e. The predicted molar refractivity (Wildman–Crippen MR) is 134 cm³/mol. The van der Waals surface area contributed by atoms with Crippen LogP contribution in [0.25, 0.3) is 0 Å². The summed E-state index contributed by atoms with van der Waals surface area (Å²) >= 11 is 0. The molecule has 1 fully saturated rings. The lowest BCUT2D eigenvalue weighted by atomic mass is 10.1. The van der Waals surface area contributed by atoms with Crippen molar-refractivity contribution in [3.05, 3.63) is 47.5 Å². The lowest BCUT2D eigenvalue weighted by Gasteiger charge is -2.34. The van der Waals surface area contributed by atoms with E-state index in [-0.39, 0.29) is 35.7 Å². The number of piperazine rings is 1. The molecular formula is C26H31N3O6S. The molecule has 0 saturated carbocycles. The van der Waals surface area contributed by atoms with Gasteiger partial charge in [0.2, 0.25) is 18.6 Å². The number of anilines is 1. The number of benzene rings is 2. The summed E-state index contributed by atoms with van der Waals surface area (Å²) in [5, 5.41) is 0. The van der Waals surface area contributed by atoms with E-state index < -0.39 is 9.84 Å². The minimum absolute atomic E-state index is 0.0333. The molecule has 10 heteroatoms. The summed E-state index contributed by atoms with van der Waals surface area (Å²) in [6.45, 7) is 6.00. The second-order valence-electron chi connectivity index (χ2n) is 9.35. The number of nitrogens with zero attached hydrogens (tertiary/aromatic N) is 3. The number of ether oxygens (including phenoxy) is 2. The van der Waals surface area contributed by atoms with Gasteiger partial charge in [-0.15, -0.1) is 0 Å². The highest BCUT2D eigenvalue weighted by atomic mass is 32.2. The molecule has 2 aromatic carbocycles. The minimum atomic E-state index is -3.60. The number of rotatable bonds is 7. The molecule has 3 aliphatic rings. The van der Waals surface area contributed by atoms with Gasteiger partial charge in [-0.25, -0.2) is 8.42 Å². The van der Waals surface area contributed by atoms with Crippen molar-refractivity contribution in [3.63, 3.8) is 0 Å². The van der Waals surface area contributed by atoms with Gasteiger partial charge in [-0.1, -0.05) is 13.0 Å². The van der Waals surface area contributed by atoms with Gasteiger partial charge in [0, 0.05) is 57.8 Å². The Bertz CT molecular complexity index is 1270. The number of hydrogen-bond acceptors (Lipinski definition) is 7. The van der Waals surface area contributed by atoms with Gasteiger partial charge >= 0.3 is 0 Å². The van der Waals surface area contributed by atoms with Gasteiger partial charge in [0.15, 0.2) is 21.3 Å². The summed E-state index contributed by atoms with van der Waals surface area (Å²) in [6.07, 6.45) is 1.01. The average Bonchev–Trinajstić information content (AvgIpc) is 3.53. The van der Waals surface area contributed by atoms with Crippen molar-refractivity contribution >= 4 is 27.3 Å². The van der Waals surface area contributed by atoms with E-state index in [0.29, 0.717) is 32.5 Å². The Labute approximate surface area is 211 Å². The van der Waals surface area contributed by atoms with Crippen LogP contribution in [-0.4, -0.2) is 75.3 Å². The number of carbonyl (C=O) groups excluding carboxylic acids is 2. The van der Waals surface area contributed by atoms with Crippen LogP contribution in [0.1, 0.15) is 30.9 Å². The third-order valence-corrected chi connectivity index (χ3v) is 8.78. The first-order valence-electron chi connectivity index (χ1n) is 12.4. The molecule has 9 nitrogen and oxygen atoms in total. The summed E-state index contributed by atoms with van der Waals surface area (Å²) in [6, 6.07) is 10.8. The van der Waals surface area contributed by atoms with E-state index >= 15 is 0 Å². The summed E-state index contributed by atoms with van der Waals surface area (Å²) in [7, 11) is -3.60. The lowest BCUT2D eigenvalue weighted by molar-refractivity contribution is -0.132. The molecule has 3 aliphatic heterocycles. The van der Waals surface area contributed by atoms with Gasteiger partial charge in [0.25, 0.3) is 0 Å². The molecule has 0 atom stereocenters. The number of hydrogen-bond donors (Lipinski definition) is 0. The molecule has 2 aromatic rings. The Morgan fingerprint density at radius 3 is 2.47 bits per heavy atom. The number of amides is 2. The number of sulfone groups is 1. The summed E-state index contributed by atoms with van der Waals surface area (Å²) < 4.78 is 36.7. The van der Waals surface area contributed by atoms with E-state index in [2.05, 4.69) is 4.90 Å². The van der Waals surface area contributed by atoms with E-state index in [4.69, 9.17) is 9.47 Å². The molecule has 0 bridgehead atoms. The van der Waals surface area contributed by atoms with Crippen molar-refractivity contribution in [2.75, 3.05) is 50.2 Å². The minimum Gasteiger partial charge on any atom is -0.454 e. The summed E-state index contributed by atoms with van der Waals surface area (Å²) in [4.78, 5) is 30.8. The molecular weight excluding hydrogens is 482 g/mol. The Morgan fingerprint density at radius 1 is 0.917 bits per heavy atom. The maximum absolute atomic E-state index is 12.9. The first kappa shape index (κ1) is 24.6. The van der Waals surface area contributed by atoms with Crippen molar-refractivity contribution in [1.82, 2.24) is 9.80 Å². The fourth-order valence-electron chi connectivity index (χ4n) is 4.97. The molecule has 3 heterocycles. The van der Waals surface area contributed by atoms with Gasteiger partial charge in [-0.05, 0) is 47.9 Å². The number of fused-ring (bicyclic) bond motifs is 2. The first-order valence-corrected chi connectivity index (χ1v) is 14.0. The fraction of sp³-hybridized carbons (Fsp3) is 0.462. The maximum Gasteiger partial charge on any atom is 0.231 e. The molecule has 0 N–H and O–H groups in total. The average molecular weight is 514 g/mol. The molecule has 0 spiro atoms. The highest BCUT2D eigenvalue weighted by Crippen LogP contribution is 2.33. The van der Waals surface area contributed by atoms with Crippen molar-refractivity contribution in [1.29, 1.82) is 0 Å². The fourth-order valence-corrected chi connectivity index (χ4v) is 6.25. The third kappa shape index (κ3) is 5.05. The van der Waals surface area contributed by atoms with Gasteiger partial charge in [0.1, 0.15) is 0 Å². The topological polar surface area (TPSA) is 96.5 Å². The van der Waals surface area contributed by atoms with Crippen LogP contribution >= 0.6 is 0 Å². The van der Waals surface area contributed by atoms with Crippen LogP contribution < -0.4 is 14.4 Å². The zero-order valence-corrected chi connectivity index (χ0v) is 21.3. The van der Waals surface area contributed by atoms with E-state index in [9.17, 15) is 18.0 Å². The monoisotopic (exact) mass is 513 g/mol. The van der Waals surface area contributed by atoms with Gasteiger partial charge in [0.05, 0.1) is 10.6 Å². The quantitative estimate of drug-likeness (QED) is 0.560. The molecule has 1 saturated heterocycles. The number of carbonyl (C=O) groups is 2. The van der Waals surface area contributed by atoms with E-state index in [1.54, 1.807) is 28.0 Å². The Morgan fingerprint density at radius 2 is 1.69 bits per heavy atom. The molecule has 0 aliphatic carbocycles. The van der Waals surface area contributed by atoms with Crippen molar-refractivity contribution in [3.8, 4) is 11.5 Å². The Kier molecular flexibility index (Phi) is 6.90. The molecule has 0 radical (unpaired) electrons. The van der Waals surface area contributed by atoms with Crippen LogP contribution in [0.2, 0.25) is 0 Å². The molecule has 0 aromatic heterocycles. The highest BCUT2D eigenvalue weighted by Gasteiger charge is 2.27.